The van der Waals surface area contributed by atoms with Crippen molar-refractivity contribution in [2.45, 2.75) is 13.3 Å². The van der Waals surface area contributed by atoms with Crippen LogP contribution in [0.25, 0.3) is 11.3 Å². The van der Waals surface area contributed by atoms with Crippen LogP contribution in [0.15, 0.2) is 18.2 Å². The van der Waals surface area contributed by atoms with Gasteiger partial charge in [0.15, 0.2) is 0 Å². The molecule has 1 aromatic heterocycles. The molecular weight excluding hydrogens is 239 g/mol. The van der Waals surface area contributed by atoms with Crippen LogP contribution < -0.4 is 5.73 Å². The summed E-state index contributed by atoms with van der Waals surface area (Å²) >= 11 is 0. The van der Waals surface area contributed by atoms with Crippen LogP contribution in [0.1, 0.15) is 12.5 Å². The largest absolute Gasteiger partial charge is 0.382 e. The van der Waals surface area contributed by atoms with E-state index >= 15 is 0 Å². The molecule has 6 nitrogen and oxygen atoms in total. The second kappa shape index (κ2) is 4.44. The lowest BCUT2D eigenvalue weighted by molar-refractivity contribution is -0.385. The van der Waals surface area contributed by atoms with E-state index in [1.54, 1.807) is 0 Å². The molecule has 0 bridgehead atoms. The van der Waals surface area contributed by atoms with E-state index in [1.807, 2.05) is 6.92 Å². The third-order valence-electron chi connectivity index (χ3n) is 2.69. The topological polar surface area (TPSA) is 97.8 Å². The van der Waals surface area contributed by atoms with Gasteiger partial charge in [-0.05, 0) is 12.5 Å². The number of nitrogens with two attached hydrogens (primary N) is 1. The van der Waals surface area contributed by atoms with Crippen LogP contribution in [0, 0.1) is 15.9 Å². The van der Waals surface area contributed by atoms with Gasteiger partial charge in [-0.1, -0.05) is 6.92 Å². The molecule has 18 heavy (non-hydrogen) atoms. The number of nitro benzene ring substituents is 1. The molecule has 0 aliphatic heterocycles. The predicted molar refractivity (Wildman–Crippen MR) is 64.4 cm³/mol. The average molecular weight is 250 g/mol. The fourth-order valence-electron chi connectivity index (χ4n) is 1.78. The van der Waals surface area contributed by atoms with Crippen molar-refractivity contribution in [3.05, 3.63) is 39.7 Å². The number of hydrogen-bond donors (Lipinski definition) is 2. The zero-order valence-corrected chi connectivity index (χ0v) is 9.61. The maximum absolute atomic E-state index is 13.8. The number of rotatable bonds is 3. The van der Waals surface area contributed by atoms with Gasteiger partial charge in [-0.25, -0.2) is 4.39 Å². The smallest absolute Gasteiger partial charge is 0.272 e. The van der Waals surface area contributed by atoms with Gasteiger partial charge in [-0.2, -0.15) is 5.10 Å². The van der Waals surface area contributed by atoms with Crippen molar-refractivity contribution in [2.75, 3.05) is 5.73 Å². The highest BCUT2D eigenvalue weighted by Gasteiger charge is 2.17. The number of nitrogens with zero attached hydrogens (tertiary/aromatic N) is 2. The lowest BCUT2D eigenvalue weighted by Gasteiger charge is -2.03. The summed E-state index contributed by atoms with van der Waals surface area (Å²) in [6, 6.07) is 3.47. The third-order valence-corrected chi connectivity index (χ3v) is 2.69. The monoisotopic (exact) mass is 250 g/mol. The Morgan fingerprint density at radius 3 is 2.83 bits per heavy atom. The van der Waals surface area contributed by atoms with E-state index in [0.717, 1.165) is 6.07 Å². The van der Waals surface area contributed by atoms with Gasteiger partial charge in [0.1, 0.15) is 11.6 Å². The third kappa shape index (κ3) is 1.90. The van der Waals surface area contributed by atoms with Crippen LogP contribution in [0.3, 0.4) is 0 Å². The number of nitrogen functional groups attached to an aromatic ring is 1. The maximum Gasteiger partial charge on any atom is 0.272 e. The van der Waals surface area contributed by atoms with Gasteiger partial charge < -0.3 is 5.73 Å². The van der Waals surface area contributed by atoms with Gasteiger partial charge >= 0.3 is 0 Å². The Morgan fingerprint density at radius 2 is 2.28 bits per heavy atom. The molecule has 2 aromatic rings. The second-order valence-electron chi connectivity index (χ2n) is 3.74. The summed E-state index contributed by atoms with van der Waals surface area (Å²) < 4.78 is 13.8. The molecule has 0 aliphatic carbocycles. The van der Waals surface area contributed by atoms with Gasteiger partial charge in [0.2, 0.25) is 0 Å². The molecule has 0 atom stereocenters. The first-order valence-corrected chi connectivity index (χ1v) is 5.31. The Kier molecular flexibility index (Phi) is 2.97. The summed E-state index contributed by atoms with van der Waals surface area (Å²) in [5.74, 6) is -0.368. The fourth-order valence-corrected chi connectivity index (χ4v) is 1.78. The number of benzene rings is 1. The van der Waals surface area contributed by atoms with E-state index in [4.69, 9.17) is 5.73 Å². The van der Waals surface area contributed by atoms with Gasteiger partial charge in [0.05, 0.1) is 16.7 Å². The minimum atomic E-state index is -0.678. The Labute approximate surface area is 102 Å². The Bertz CT molecular complexity index is 609. The van der Waals surface area contributed by atoms with E-state index in [-0.39, 0.29) is 11.3 Å². The van der Waals surface area contributed by atoms with Crippen molar-refractivity contribution in [1.29, 1.82) is 0 Å². The molecule has 0 saturated heterocycles. The summed E-state index contributed by atoms with van der Waals surface area (Å²) in [6.45, 7) is 1.87. The first-order chi connectivity index (χ1) is 8.54. The molecule has 3 N–H and O–H groups in total. The van der Waals surface area contributed by atoms with Crippen molar-refractivity contribution >= 4 is 11.5 Å². The van der Waals surface area contributed by atoms with Crippen LogP contribution in [0.4, 0.5) is 15.9 Å². The van der Waals surface area contributed by atoms with Gasteiger partial charge in [-0.3, -0.25) is 15.2 Å². The molecule has 1 heterocycles. The maximum atomic E-state index is 13.8. The van der Waals surface area contributed by atoms with Crippen LogP contribution >= 0.6 is 0 Å². The van der Waals surface area contributed by atoms with Crippen molar-refractivity contribution < 1.29 is 9.31 Å². The molecule has 0 fully saturated rings. The van der Waals surface area contributed by atoms with Crippen molar-refractivity contribution in [3.8, 4) is 11.3 Å². The quantitative estimate of drug-likeness (QED) is 0.644. The number of non-ortho nitro benzene ring substituents is 1. The number of halogens is 1. The molecule has 0 radical (unpaired) electrons. The predicted octanol–water partition coefficient (Wildman–Crippen LogP) is 2.27. The zero-order valence-electron chi connectivity index (χ0n) is 9.61. The Hall–Kier alpha value is -2.44. The SMILES string of the molecule is CCc1c(N)n[nH]c1-c1ccc([N+](=O)[O-])cc1F. The van der Waals surface area contributed by atoms with E-state index in [0.29, 0.717) is 23.5 Å². The van der Waals surface area contributed by atoms with Gasteiger partial charge in [0.25, 0.3) is 5.69 Å². The number of aromatic amines is 1. The highest BCUT2D eigenvalue weighted by atomic mass is 19.1. The fraction of sp³-hybridized carbons (Fsp3) is 0.182. The zero-order chi connectivity index (χ0) is 13.3. The van der Waals surface area contributed by atoms with Crippen LogP contribution in [-0.2, 0) is 6.42 Å². The molecule has 0 unspecified atom stereocenters. The normalized spacial score (nSPS) is 10.6. The van der Waals surface area contributed by atoms with E-state index in [2.05, 4.69) is 10.2 Å². The molecule has 7 heteroatoms. The number of anilines is 1. The molecular formula is C11H11FN4O2. The molecule has 0 amide bonds. The molecule has 0 saturated carbocycles. The average Bonchev–Trinajstić information content (AvgIpc) is 2.70. The summed E-state index contributed by atoms with van der Waals surface area (Å²) in [5.41, 5.74) is 6.74. The Balaban J connectivity index is 2.54. The first kappa shape index (κ1) is 12.0. The van der Waals surface area contributed by atoms with E-state index in [9.17, 15) is 14.5 Å². The summed E-state index contributed by atoms with van der Waals surface area (Å²) in [4.78, 5) is 9.88. The number of aromatic nitrogens is 2. The molecule has 0 spiro atoms. The van der Waals surface area contributed by atoms with E-state index < -0.39 is 10.7 Å². The van der Waals surface area contributed by atoms with Crippen molar-refractivity contribution in [1.82, 2.24) is 10.2 Å². The van der Waals surface area contributed by atoms with Crippen LogP contribution in [-0.4, -0.2) is 15.1 Å². The molecule has 2 rings (SSSR count). The van der Waals surface area contributed by atoms with Gasteiger partial charge in [-0.15, -0.1) is 0 Å². The molecule has 94 valence electrons. The molecule has 1 aromatic carbocycles. The number of hydrogen-bond acceptors (Lipinski definition) is 4. The lowest BCUT2D eigenvalue weighted by Crippen LogP contribution is -1.94. The second-order valence-corrected chi connectivity index (χ2v) is 3.74. The highest BCUT2D eigenvalue weighted by molar-refractivity contribution is 5.69. The van der Waals surface area contributed by atoms with Crippen LogP contribution in [0.2, 0.25) is 0 Å². The standard InChI is InChI=1S/C11H11FN4O2/c1-2-7-10(14-15-11(7)13)8-4-3-6(16(17)18)5-9(8)12/h3-5H,2H2,1H3,(H3,13,14,15). The lowest BCUT2D eigenvalue weighted by atomic mass is 10.0. The summed E-state index contributed by atoms with van der Waals surface area (Å²) in [6.07, 6.45) is 0.591. The number of nitrogens with one attached hydrogen (secondary N) is 1. The van der Waals surface area contributed by atoms with E-state index in [1.165, 1.54) is 12.1 Å². The minimum Gasteiger partial charge on any atom is -0.382 e. The molecule has 0 aliphatic rings. The minimum absolute atomic E-state index is 0.224. The first-order valence-electron chi connectivity index (χ1n) is 5.31. The van der Waals surface area contributed by atoms with Gasteiger partial charge in [0, 0.05) is 17.2 Å². The van der Waals surface area contributed by atoms with Crippen LogP contribution in [0.5, 0.6) is 0 Å². The summed E-state index contributed by atoms with van der Waals surface area (Å²) in [5, 5.41) is 17.0. The number of H-pyrrole nitrogens is 1. The summed E-state index contributed by atoms with van der Waals surface area (Å²) in [7, 11) is 0. The highest BCUT2D eigenvalue weighted by Crippen LogP contribution is 2.29. The Morgan fingerprint density at radius 1 is 1.56 bits per heavy atom. The number of nitro groups is 1. The van der Waals surface area contributed by atoms with Crippen molar-refractivity contribution in [2.24, 2.45) is 0 Å². The van der Waals surface area contributed by atoms with Crippen molar-refractivity contribution in [3.63, 3.8) is 0 Å².